The normalized spacial score (nSPS) is 8.00. The Morgan fingerprint density at radius 3 is 2.45 bits per heavy atom. The predicted octanol–water partition coefficient (Wildman–Crippen LogP) is 2.16. The van der Waals surface area contributed by atoms with Crippen LogP contribution in [-0.2, 0) is 0 Å². The zero-order chi connectivity index (χ0) is 8.69. The number of ether oxygens (including phenoxy) is 1. The molecule has 11 heavy (non-hydrogen) atoms. The summed E-state index contributed by atoms with van der Waals surface area (Å²) in [5.74, 6) is 0. The van der Waals surface area contributed by atoms with Crippen molar-refractivity contribution < 1.29 is 4.74 Å². The molecule has 0 N–H and O–H groups in total. The van der Waals surface area contributed by atoms with E-state index in [4.69, 9.17) is 11.6 Å². The second kappa shape index (κ2) is 5.92. The topological polar surface area (TPSA) is 35.0 Å². The average Bonchev–Trinajstić information content (AvgIpc) is 2.08. The highest BCUT2D eigenvalue weighted by Crippen LogP contribution is 2.05. The Morgan fingerprint density at radius 2 is 2.09 bits per heavy atom. The standard InChI is InChI=1S/C5H5ClN2O.C2H6/c1-9-5-7-3-2-4(6)8-5;1-2/h2-3H,1H3;1-2H3. The highest BCUT2D eigenvalue weighted by molar-refractivity contribution is 6.29. The minimum atomic E-state index is 0.294. The number of methoxy groups -OCH3 is 1. The molecule has 0 spiro atoms. The number of aromatic nitrogens is 2. The van der Waals surface area contributed by atoms with E-state index in [0.29, 0.717) is 11.2 Å². The molecular weight excluding hydrogens is 164 g/mol. The van der Waals surface area contributed by atoms with Crippen molar-refractivity contribution >= 4 is 11.6 Å². The fraction of sp³-hybridized carbons (Fsp3) is 0.429. The van der Waals surface area contributed by atoms with Crippen molar-refractivity contribution in [3.8, 4) is 6.01 Å². The van der Waals surface area contributed by atoms with Gasteiger partial charge in [0, 0.05) is 6.20 Å². The Morgan fingerprint density at radius 1 is 1.45 bits per heavy atom. The van der Waals surface area contributed by atoms with Gasteiger partial charge in [0.05, 0.1) is 7.11 Å². The average molecular weight is 175 g/mol. The van der Waals surface area contributed by atoms with Crippen molar-refractivity contribution in [3.05, 3.63) is 17.4 Å². The van der Waals surface area contributed by atoms with Crippen LogP contribution in [0.25, 0.3) is 0 Å². The number of hydrogen-bond donors (Lipinski definition) is 0. The van der Waals surface area contributed by atoms with Crippen molar-refractivity contribution in [2.24, 2.45) is 0 Å². The third kappa shape index (κ3) is 3.78. The lowest BCUT2D eigenvalue weighted by molar-refractivity contribution is 0.380. The molecule has 0 aliphatic rings. The summed E-state index contributed by atoms with van der Waals surface area (Å²) in [5, 5.41) is 0.391. The van der Waals surface area contributed by atoms with Crippen LogP contribution < -0.4 is 4.74 Å². The Hall–Kier alpha value is -0.830. The highest BCUT2D eigenvalue weighted by atomic mass is 35.5. The monoisotopic (exact) mass is 174 g/mol. The van der Waals surface area contributed by atoms with Gasteiger partial charge in [-0.05, 0) is 6.07 Å². The molecule has 0 radical (unpaired) electrons. The van der Waals surface area contributed by atoms with Crippen molar-refractivity contribution in [2.45, 2.75) is 13.8 Å². The summed E-state index contributed by atoms with van der Waals surface area (Å²) >= 11 is 5.49. The molecule has 0 fully saturated rings. The maximum absolute atomic E-state index is 5.49. The molecule has 1 aromatic heterocycles. The summed E-state index contributed by atoms with van der Waals surface area (Å²) in [6.07, 6.45) is 1.54. The van der Waals surface area contributed by atoms with E-state index < -0.39 is 0 Å². The SMILES string of the molecule is CC.COc1nccc(Cl)n1. The lowest BCUT2D eigenvalue weighted by atomic mass is 10.7. The van der Waals surface area contributed by atoms with E-state index in [9.17, 15) is 0 Å². The fourth-order valence-electron chi connectivity index (χ4n) is 0.418. The zero-order valence-electron chi connectivity index (χ0n) is 6.84. The molecule has 0 bridgehead atoms. The van der Waals surface area contributed by atoms with E-state index in [-0.39, 0.29) is 0 Å². The smallest absolute Gasteiger partial charge is 0.317 e. The van der Waals surface area contributed by atoms with E-state index in [1.807, 2.05) is 13.8 Å². The summed E-state index contributed by atoms with van der Waals surface area (Å²) in [7, 11) is 1.49. The Kier molecular flexibility index (Phi) is 5.47. The van der Waals surface area contributed by atoms with Gasteiger partial charge in [0.15, 0.2) is 0 Å². The van der Waals surface area contributed by atoms with Gasteiger partial charge in [0.1, 0.15) is 5.15 Å². The van der Waals surface area contributed by atoms with Gasteiger partial charge in [-0.1, -0.05) is 25.4 Å². The minimum absolute atomic E-state index is 0.294. The van der Waals surface area contributed by atoms with E-state index in [0.717, 1.165) is 0 Å². The first-order valence-electron chi connectivity index (χ1n) is 3.35. The van der Waals surface area contributed by atoms with Gasteiger partial charge in [-0.25, -0.2) is 4.98 Å². The van der Waals surface area contributed by atoms with E-state index in [1.165, 1.54) is 13.3 Å². The van der Waals surface area contributed by atoms with Crippen LogP contribution in [0.5, 0.6) is 6.01 Å². The number of nitrogens with zero attached hydrogens (tertiary/aromatic N) is 2. The summed E-state index contributed by atoms with van der Waals surface area (Å²) < 4.78 is 4.69. The first-order chi connectivity index (χ1) is 5.33. The van der Waals surface area contributed by atoms with E-state index in [1.54, 1.807) is 6.07 Å². The molecule has 1 rings (SSSR count). The van der Waals surface area contributed by atoms with E-state index >= 15 is 0 Å². The first kappa shape index (κ1) is 10.2. The number of halogens is 1. The molecule has 62 valence electrons. The maximum Gasteiger partial charge on any atom is 0.317 e. The van der Waals surface area contributed by atoms with Crippen LogP contribution >= 0.6 is 11.6 Å². The molecule has 0 aromatic carbocycles. The molecule has 0 unspecified atom stereocenters. The van der Waals surface area contributed by atoms with Crippen LogP contribution in [-0.4, -0.2) is 17.1 Å². The third-order valence-electron chi connectivity index (χ3n) is 0.782. The molecule has 0 aliphatic heterocycles. The van der Waals surface area contributed by atoms with Crippen molar-refractivity contribution in [1.82, 2.24) is 9.97 Å². The summed E-state index contributed by atoms with van der Waals surface area (Å²) in [6, 6.07) is 1.88. The van der Waals surface area contributed by atoms with Crippen LogP contribution in [0.3, 0.4) is 0 Å². The van der Waals surface area contributed by atoms with Gasteiger partial charge in [0.2, 0.25) is 0 Å². The summed E-state index contributed by atoms with van der Waals surface area (Å²) in [4.78, 5) is 7.46. The Bertz CT molecular complexity index is 205. The highest BCUT2D eigenvalue weighted by Gasteiger charge is 1.92. The van der Waals surface area contributed by atoms with Gasteiger partial charge in [-0.15, -0.1) is 0 Å². The van der Waals surface area contributed by atoms with Gasteiger partial charge in [0.25, 0.3) is 0 Å². The van der Waals surface area contributed by atoms with Crippen LogP contribution in [0.4, 0.5) is 0 Å². The molecular formula is C7H11ClN2O. The van der Waals surface area contributed by atoms with Crippen molar-refractivity contribution in [1.29, 1.82) is 0 Å². The van der Waals surface area contributed by atoms with Crippen LogP contribution in [0.15, 0.2) is 12.3 Å². The van der Waals surface area contributed by atoms with Crippen LogP contribution in [0.1, 0.15) is 13.8 Å². The lowest BCUT2D eigenvalue weighted by Gasteiger charge is -1.93. The number of hydrogen-bond acceptors (Lipinski definition) is 3. The van der Waals surface area contributed by atoms with Crippen LogP contribution in [0, 0.1) is 0 Å². The molecule has 0 amide bonds. The largest absolute Gasteiger partial charge is 0.467 e. The fourth-order valence-corrected chi connectivity index (χ4v) is 0.547. The molecule has 0 atom stereocenters. The second-order valence-corrected chi connectivity index (χ2v) is 1.75. The van der Waals surface area contributed by atoms with Gasteiger partial charge in [-0.2, -0.15) is 4.98 Å². The first-order valence-corrected chi connectivity index (χ1v) is 3.73. The molecule has 0 saturated heterocycles. The Balaban J connectivity index is 0.000000461. The molecule has 3 nitrogen and oxygen atoms in total. The summed E-state index contributed by atoms with van der Waals surface area (Å²) in [6.45, 7) is 4.00. The maximum atomic E-state index is 5.49. The molecule has 0 aliphatic carbocycles. The molecule has 0 saturated carbocycles. The van der Waals surface area contributed by atoms with Gasteiger partial charge >= 0.3 is 6.01 Å². The molecule has 1 heterocycles. The lowest BCUT2D eigenvalue weighted by Crippen LogP contribution is -1.89. The zero-order valence-corrected chi connectivity index (χ0v) is 7.59. The molecule has 1 aromatic rings. The van der Waals surface area contributed by atoms with Gasteiger partial charge in [-0.3, -0.25) is 0 Å². The van der Waals surface area contributed by atoms with Gasteiger partial charge < -0.3 is 4.74 Å². The minimum Gasteiger partial charge on any atom is -0.467 e. The second-order valence-electron chi connectivity index (χ2n) is 1.37. The van der Waals surface area contributed by atoms with E-state index in [2.05, 4.69) is 14.7 Å². The summed E-state index contributed by atoms with van der Waals surface area (Å²) in [5.41, 5.74) is 0. The van der Waals surface area contributed by atoms with Crippen molar-refractivity contribution in [2.75, 3.05) is 7.11 Å². The Labute approximate surface area is 71.4 Å². The quantitative estimate of drug-likeness (QED) is 0.612. The number of rotatable bonds is 1. The van der Waals surface area contributed by atoms with Crippen molar-refractivity contribution in [3.63, 3.8) is 0 Å². The third-order valence-corrected chi connectivity index (χ3v) is 0.993. The molecule has 4 heteroatoms. The van der Waals surface area contributed by atoms with Crippen LogP contribution in [0.2, 0.25) is 5.15 Å². The predicted molar refractivity (Wildman–Crippen MR) is 44.9 cm³/mol.